The molecule has 0 aliphatic heterocycles. The minimum Gasteiger partial charge on any atom is -0.341 e. The fourth-order valence-corrected chi connectivity index (χ4v) is 5.02. The minimum atomic E-state index is -3.66. The fourth-order valence-electron chi connectivity index (χ4n) is 4.12. The maximum Gasteiger partial charge on any atom is 0.254 e. The number of para-hydroxylation sites is 1. The molecule has 6 heteroatoms. The summed E-state index contributed by atoms with van der Waals surface area (Å²) >= 11 is 0. The van der Waals surface area contributed by atoms with E-state index < -0.39 is 16.1 Å². The molecule has 178 valence electrons. The molecule has 0 bridgehead atoms. The Hall–Kier alpha value is -3.90. The molecule has 1 amide bonds. The molecule has 1 atom stereocenters. The average molecular weight is 485 g/mol. The van der Waals surface area contributed by atoms with Gasteiger partial charge in [0.2, 0.25) is 10.0 Å². The topological polar surface area (TPSA) is 66.5 Å². The Morgan fingerprint density at radius 1 is 0.800 bits per heavy atom. The van der Waals surface area contributed by atoms with E-state index in [2.05, 4.69) is 5.32 Å². The molecule has 0 unspecified atom stereocenters. The molecule has 0 fully saturated rings. The number of hydrogen-bond donors (Lipinski definition) is 1. The van der Waals surface area contributed by atoms with Crippen LogP contribution in [0.2, 0.25) is 0 Å². The molecule has 0 aliphatic rings. The van der Waals surface area contributed by atoms with E-state index in [-0.39, 0.29) is 12.5 Å². The van der Waals surface area contributed by atoms with Crippen LogP contribution in [0.5, 0.6) is 0 Å². The first kappa shape index (κ1) is 24.2. The van der Waals surface area contributed by atoms with Gasteiger partial charge >= 0.3 is 0 Å². The number of sulfonamides is 1. The van der Waals surface area contributed by atoms with E-state index in [1.54, 1.807) is 24.3 Å². The second kappa shape index (κ2) is 10.6. The van der Waals surface area contributed by atoms with Crippen LogP contribution in [0.1, 0.15) is 38.7 Å². The fraction of sp³-hybridized carbons (Fsp3) is 0.138. The van der Waals surface area contributed by atoms with Gasteiger partial charge in [-0.1, -0.05) is 97.1 Å². The number of carbonyl (C=O) groups is 1. The molecule has 35 heavy (non-hydrogen) atoms. The molecule has 4 aromatic carbocycles. The largest absolute Gasteiger partial charge is 0.341 e. The highest BCUT2D eigenvalue weighted by Crippen LogP contribution is 2.29. The maximum absolute atomic E-state index is 13.7. The third-order valence-electron chi connectivity index (χ3n) is 5.89. The van der Waals surface area contributed by atoms with Crippen molar-refractivity contribution in [2.75, 3.05) is 10.6 Å². The molecule has 0 heterocycles. The van der Waals surface area contributed by atoms with Crippen molar-refractivity contribution >= 4 is 21.6 Å². The van der Waals surface area contributed by atoms with E-state index in [1.807, 2.05) is 91.9 Å². The molecule has 4 aromatic rings. The van der Waals surface area contributed by atoms with Crippen LogP contribution in [0.25, 0.3) is 0 Å². The Bertz CT molecular complexity index is 1400. The molecule has 0 spiro atoms. The van der Waals surface area contributed by atoms with Crippen molar-refractivity contribution in [2.24, 2.45) is 0 Å². The first-order valence-corrected chi connectivity index (χ1v) is 13.2. The van der Waals surface area contributed by atoms with Crippen molar-refractivity contribution in [3.05, 3.63) is 137 Å². The molecule has 1 N–H and O–H groups in total. The lowest BCUT2D eigenvalue weighted by Crippen LogP contribution is -2.34. The summed E-state index contributed by atoms with van der Waals surface area (Å²) in [6.07, 6.45) is 1.16. The van der Waals surface area contributed by atoms with Crippen LogP contribution < -0.4 is 9.62 Å². The van der Waals surface area contributed by atoms with E-state index >= 15 is 0 Å². The Labute approximate surface area is 207 Å². The third kappa shape index (κ3) is 5.78. The van der Waals surface area contributed by atoms with Gasteiger partial charge in [0.25, 0.3) is 5.91 Å². The SMILES string of the molecule is Cc1ccccc1[C@H](NC(=O)c1ccccc1N(Cc1ccccc1)S(C)(=O)=O)c1ccccc1. The molecular formula is C29H28N2O3S. The summed E-state index contributed by atoms with van der Waals surface area (Å²) in [6.45, 7) is 2.14. The van der Waals surface area contributed by atoms with Crippen molar-refractivity contribution in [1.29, 1.82) is 0 Å². The summed E-state index contributed by atoms with van der Waals surface area (Å²) in [5.74, 6) is -0.348. The lowest BCUT2D eigenvalue weighted by Gasteiger charge is -2.26. The Kier molecular flexibility index (Phi) is 7.32. The van der Waals surface area contributed by atoms with Gasteiger partial charge in [-0.05, 0) is 41.3 Å². The van der Waals surface area contributed by atoms with Gasteiger partial charge in [-0.3, -0.25) is 9.10 Å². The summed E-state index contributed by atoms with van der Waals surface area (Å²) in [6, 6.07) is 33.4. The van der Waals surface area contributed by atoms with Gasteiger partial charge in [0.1, 0.15) is 0 Å². The second-order valence-corrected chi connectivity index (χ2v) is 10.4. The number of rotatable bonds is 8. The zero-order valence-electron chi connectivity index (χ0n) is 19.8. The summed E-state index contributed by atoms with van der Waals surface area (Å²) in [4.78, 5) is 13.7. The van der Waals surface area contributed by atoms with Gasteiger partial charge in [-0.15, -0.1) is 0 Å². The predicted molar refractivity (Wildman–Crippen MR) is 141 cm³/mol. The van der Waals surface area contributed by atoms with E-state index in [4.69, 9.17) is 0 Å². The predicted octanol–water partition coefficient (Wildman–Crippen LogP) is 5.48. The Morgan fingerprint density at radius 3 is 2.03 bits per heavy atom. The average Bonchev–Trinajstić information content (AvgIpc) is 2.87. The molecule has 0 aromatic heterocycles. The van der Waals surface area contributed by atoms with Crippen molar-refractivity contribution in [2.45, 2.75) is 19.5 Å². The monoisotopic (exact) mass is 484 g/mol. The summed E-state index contributed by atoms with van der Waals surface area (Å²) in [5, 5.41) is 3.16. The smallest absolute Gasteiger partial charge is 0.254 e. The Balaban J connectivity index is 1.73. The minimum absolute atomic E-state index is 0.129. The van der Waals surface area contributed by atoms with Crippen molar-refractivity contribution < 1.29 is 13.2 Å². The van der Waals surface area contributed by atoms with E-state index in [1.165, 1.54) is 4.31 Å². The van der Waals surface area contributed by atoms with Crippen LogP contribution in [-0.4, -0.2) is 20.6 Å². The number of hydrogen-bond acceptors (Lipinski definition) is 3. The highest BCUT2D eigenvalue weighted by Gasteiger charge is 2.26. The van der Waals surface area contributed by atoms with E-state index in [9.17, 15) is 13.2 Å². The zero-order chi connectivity index (χ0) is 24.8. The molecule has 0 aliphatic carbocycles. The maximum atomic E-state index is 13.7. The number of aryl methyl sites for hydroxylation is 1. The number of anilines is 1. The normalized spacial score (nSPS) is 12.1. The van der Waals surface area contributed by atoms with Crippen molar-refractivity contribution in [1.82, 2.24) is 5.32 Å². The third-order valence-corrected chi connectivity index (χ3v) is 7.02. The Morgan fingerprint density at radius 2 is 1.37 bits per heavy atom. The van der Waals surface area contributed by atoms with Gasteiger partial charge in [0.05, 0.1) is 30.1 Å². The van der Waals surface area contributed by atoms with Gasteiger partial charge in [0.15, 0.2) is 0 Å². The van der Waals surface area contributed by atoms with Crippen LogP contribution in [0.4, 0.5) is 5.69 Å². The quantitative estimate of drug-likeness (QED) is 0.360. The van der Waals surface area contributed by atoms with Crippen molar-refractivity contribution in [3.8, 4) is 0 Å². The van der Waals surface area contributed by atoms with Gasteiger partial charge in [0, 0.05) is 0 Å². The van der Waals surface area contributed by atoms with Crippen LogP contribution in [0.15, 0.2) is 109 Å². The molecule has 0 radical (unpaired) electrons. The molecule has 0 saturated heterocycles. The van der Waals surface area contributed by atoms with E-state index in [0.717, 1.165) is 28.5 Å². The summed E-state index contributed by atoms with van der Waals surface area (Å²) in [7, 11) is -3.66. The van der Waals surface area contributed by atoms with Crippen LogP contribution in [-0.2, 0) is 16.6 Å². The van der Waals surface area contributed by atoms with Crippen molar-refractivity contribution in [3.63, 3.8) is 0 Å². The van der Waals surface area contributed by atoms with Crippen LogP contribution in [0, 0.1) is 6.92 Å². The number of carbonyl (C=O) groups excluding carboxylic acids is 1. The molecule has 0 saturated carbocycles. The summed E-state index contributed by atoms with van der Waals surface area (Å²) < 4.78 is 26.9. The molecule has 4 rings (SSSR count). The lowest BCUT2D eigenvalue weighted by molar-refractivity contribution is 0.0943. The second-order valence-electron chi connectivity index (χ2n) is 8.45. The van der Waals surface area contributed by atoms with Gasteiger partial charge in [-0.2, -0.15) is 0 Å². The lowest BCUT2D eigenvalue weighted by atomic mass is 9.94. The molecule has 5 nitrogen and oxygen atoms in total. The highest BCUT2D eigenvalue weighted by molar-refractivity contribution is 7.92. The number of nitrogens with one attached hydrogen (secondary N) is 1. The van der Waals surface area contributed by atoms with Crippen LogP contribution >= 0.6 is 0 Å². The number of amides is 1. The first-order chi connectivity index (χ1) is 16.8. The number of benzene rings is 4. The standard InChI is InChI=1S/C29H28N2O3S/c1-22-13-9-10-18-25(22)28(24-16-7-4-8-17-24)30-29(32)26-19-11-12-20-27(26)31(35(2,33)34)21-23-14-5-3-6-15-23/h3-20,28H,21H2,1-2H3,(H,30,32)/t28-/m1/s1. The van der Waals surface area contributed by atoms with Gasteiger partial charge < -0.3 is 5.32 Å². The first-order valence-electron chi connectivity index (χ1n) is 11.4. The zero-order valence-corrected chi connectivity index (χ0v) is 20.6. The van der Waals surface area contributed by atoms with Gasteiger partial charge in [-0.25, -0.2) is 8.42 Å². The number of nitrogens with zero attached hydrogens (tertiary/aromatic N) is 1. The highest BCUT2D eigenvalue weighted by atomic mass is 32.2. The molecular weight excluding hydrogens is 456 g/mol. The summed E-state index contributed by atoms with van der Waals surface area (Å²) in [5.41, 5.74) is 4.44. The van der Waals surface area contributed by atoms with E-state index in [0.29, 0.717) is 11.3 Å². The van der Waals surface area contributed by atoms with Crippen LogP contribution in [0.3, 0.4) is 0 Å².